The maximum Gasteiger partial charge on any atom is 0.126 e. The molecule has 0 aliphatic rings. The average Bonchev–Trinajstić information content (AvgIpc) is 2.46. The first-order chi connectivity index (χ1) is 6.33. The number of aldehydes is 1. The molecule has 2 rings (SSSR count). The molecule has 0 aliphatic carbocycles. The van der Waals surface area contributed by atoms with E-state index in [0.717, 1.165) is 11.8 Å². The summed E-state index contributed by atoms with van der Waals surface area (Å²) in [5, 5.41) is 4.72. The fraction of sp³-hybridized carbons (Fsp3) is 0.111. The van der Waals surface area contributed by atoms with Gasteiger partial charge in [-0.2, -0.15) is 5.10 Å². The molecule has 3 nitrogen and oxygen atoms in total. The number of hydrogen-bond acceptors (Lipinski definition) is 2. The van der Waals surface area contributed by atoms with Crippen molar-refractivity contribution in [2.75, 3.05) is 0 Å². The summed E-state index contributed by atoms with van der Waals surface area (Å²) >= 11 is 5.99. The molecule has 0 aromatic carbocycles. The van der Waals surface area contributed by atoms with Crippen LogP contribution in [0.15, 0.2) is 24.4 Å². The van der Waals surface area contributed by atoms with E-state index in [0.29, 0.717) is 10.7 Å². The van der Waals surface area contributed by atoms with Gasteiger partial charge in [-0.3, -0.25) is 0 Å². The second-order valence-electron chi connectivity index (χ2n) is 2.66. The molecule has 0 bridgehead atoms. The predicted molar refractivity (Wildman–Crippen MR) is 50.0 cm³/mol. The second-order valence-corrected chi connectivity index (χ2v) is 3.04. The number of halogens is 1. The molecule has 0 spiro atoms. The summed E-state index contributed by atoms with van der Waals surface area (Å²) < 4.78 is 1.67. The van der Waals surface area contributed by atoms with Gasteiger partial charge in [-0.25, -0.2) is 4.52 Å². The molecule has 0 amide bonds. The van der Waals surface area contributed by atoms with E-state index < -0.39 is 0 Å². The lowest BCUT2D eigenvalue weighted by Gasteiger charge is -1.88. The van der Waals surface area contributed by atoms with Gasteiger partial charge in [-0.15, -0.1) is 0 Å². The van der Waals surface area contributed by atoms with Crippen molar-refractivity contribution in [3.05, 3.63) is 35.1 Å². The summed E-state index contributed by atoms with van der Waals surface area (Å²) in [7, 11) is 0. The van der Waals surface area contributed by atoms with Gasteiger partial charge in [0.25, 0.3) is 0 Å². The van der Waals surface area contributed by atoms with Crippen molar-refractivity contribution in [1.82, 2.24) is 9.61 Å². The molecule has 2 heterocycles. The number of carbonyl (C=O) groups is 1. The number of fused-ring (bicyclic) bond motifs is 1. The fourth-order valence-corrected chi connectivity index (χ4v) is 1.49. The van der Waals surface area contributed by atoms with Crippen molar-refractivity contribution in [1.29, 1.82) is 0 Å². The molecule has 4 heteroatoms. The minimum absolute atomic E-state index is 0.264. The summed E-state index contributed by atoms with van der Waals surface area (Å²) in [6.45, 7) is 0. The van der Waals surface area contributed by atoms with Gasteiger partial charge >= 0.3 is 0 Å². The van der Waals surface area contributed by atoms with Gasteiger partial charge in [0.05, 0.1) is 16.2 Å². The number of aromatic nitrogens is 2. The first-order valence-electron chi connectivity index (χ1n) is 3.88. The highest BCUT2D eigenvalue weighted by atomic mass is 35.5. The Bertz CT molecular complexity index is 450. The van der Waals surface area contributed by atoms with Gasteiger partial charge in [0.1, 0.15) is 6.29 Å². The maximum absolute atomic E-state index is 10.3. The molecule has 0 saturated carbocycles. The standard InChI is InChI=1S/C9H7ClN2O/c10-9-7(4-6-13)11-12-5-2-1-3-8(9)12/h1-3,5-6H,4H2. The van der Waals surface area contributed by atoms with E-state index in [4.69, 9.17) is 11.6 Å². The van der Waals surface area contributed by atoms with Crippen LogP contribution in [0, 0.1) is 0 Å². The van der Waals surface area contributed by atoms with Gasteiger partial charge in [-0.1, -0.05) is 17.7 Å². The summed E-state index contributed by atoms with van der Waals surface area (Å²) in [6.07, 6.45) is 2.86. The van der Waals surface area contributed by atoms with Crippen molar-refractivity contribution in [3.63, 3.8) is 0 Å². The van der Waals surface area contributed by atoms with Gasteiger partial charge in [0.15, 0.2) is 0 Å². The number of carbonyl (C=O) groups excluding carboxylic acids is 1. The zero-order valence-electron chi connectivity index (χ0n) is 6.77. The van der Waals surface area contributed by atoms with E-state index in [9.17, 15) is 4.79 Å². The molecule has 0 unspecified atom stereocenters. The minimum Gasteiger partial charge on any atom is -0.303 e. The fourth-order valence-electron chi connectivity index (χ4n) is 1.23. The Hall–Kier alpha value is -1.35. The Balaban J connectivity index is 2.66. The van der Waals surface area contributed by atoms with Crippen LogP contribution in [0.2, 0.25) is 5.02 Å². The molecule has 66 valence electrons. The van der Waals surface area contributed by atoms with Gasteiger partial charge in [0, 0.05) is 12.6 Å². The Labute approximate surface area is 79.9 Å². The second kappa shape index (κ2) is 3.18. The monoisotopic (exact) mass is 194 g/mol. The van der Waals surface area contributed by atoms with Crippen molar-refractivity contribution >= 4 is 23.4 Å². The quantitative estimate of drug-likeness (QED) is 0.683. The third-order valence-corrected chi connectivity index (χ3v) is 2.23. The molecule has 0 saturated heterocycles. The normalized spacial score (nSPS) is 10.5. The molecule has 0 atom stereocenters. The van der Waals surface area contributed by atoms with E-state index in [1.165, 1.54) is 0 Å². The largest absolute Gasteiger partial charge is 0.303 e. The third kappa shape index (κ3) is 1.31. The molecule has 2 aromatic heterocycles. The zero-order chi connectivity index (χ0) is 9.26. The smallest absolute Gasteiger partial charge is 0.126 e. The van der Waals surface area contributed by atoms with Crippen LogP contribution in [0.5, 0.6) is 0 Å². The van der Waals surface area contributed by atoms with Crippen LogP contribution in [-0.4, -0.2) is 15.9 Å². The first kappa shape index (κ1) is 8.26. The van der Waals surface area contributed by atoms with Gasteiger partial charge in [-0.05, 0) is 12.1 Å². The van der Waals surface area contributed by atoms with E-state index in [1.54, 1.807) is 10.7 Å². The minimum atomic E-state index is 0.264. The number of hydrogen-bond donors (Lipinski definition) is 0. The Morgan fingerprint density at radius 2 is 2.38 bits per heavy atom. The number of nitrogens with zero attached hydrogens (tertiary/aromatic N) is 2. The number of rotatable bonds is 2. The molecule has 13 heavy (non-hydrogen) atoms. The lowest BCUT2D eigenvalue weighted by molar-refractivity contribution is -0.107. The lowest BCUT2D eigenvalue weighted by atomic mass is 10.3. The van der Waals surface area contributed by atoms with E-state index in [-0.39, 0.29) is 6.42 Å². The molecule has 0 N–H and O–H groups in total. The summed E-state index contributed by atoms with van der Waals surface area (Å²) in [5.41, 5.74) is 1.46. The van der Waals surface area contributed by atoms with E-state index >= 15 is 0 Å². The Kier molecular flexibility index (Phi) is 2.02. The highest BCUT2D eigenvalue weighted by molar-refractivity contribution is 6.34. The molecule has 2 aromatic rings. The van der Waals surface area contributed by atoms with Crippen molar-refractivity contribution < 1.29 is 4.79 Å². The van der Waals surface area contributed by atoms with Gasteiger partial charge in [0.2, 0.25) is 0 Å². The summed E-state index contributed by atoms with van der Waals surface area (Å²) in [5.74, 6) is 0. The highest BCUT2D eigenvalue weighted by Gasteiger charge is 2.08. The van der Waals surface area contributed by atoms with E-state index in [1.807, 2.05) is 18.2 Å². The Morgan fingerprint density at radius 1 is 1.54 bits per heavy atom. The molecular weight excluding hydrogens is 188 g/mol. The van der Waals surface area contributed by atoms with Crippen LogP contribution in [-0.2, 0) is 11.2 Å². The first-order valence-corrected chi connectivity index (χ1v) is 4.26. The molecular formula is C9H7ClN2O. The lowest BCUT2D eigenvalue weighted by Crippen LogP contribution is -1.89. The van der Waals surface area contributed by atoms with Crippen LogP contribution >= 0.6 is 11.6 Å². The highest BCUT2D eigenvalue weighted by Crippen LogP contribution is 2.21. The molecule has 0 radical (unpaired) electrons. The van der Waals surface area contributed by atoms with Gasteiger partial charge < -0.3 is 4.79 Å². The number of pyridine rings is 1. The predicted octanol–water partition coefficient (Wildman–Crippen LogP) is 1.73. The van der Waals surface area contributed by atoms with Crippen molar-refractivity contribution in [3.8, 4) is 0 Å². The van der Waals surface area contributed by atoms with Crippen molar-refractivity contribution in [2.45, 2.75) is 6.42 Å². The zero-order valence-corrected chi connectivity index (χ0v) is 7.53. The van der Waals surface area contributed by atoms with E-state index in [2.05, 4.69) is 5.10 Å². The summed E-state index contributed by atoms with van der Waals surface area (Å²) in [6, 6.07) is 5.61. The average molecular weight is 195 g/mol. The van der Waals surface area contributed by atoms with Crippen LogP contribution in [0.25, 0.3) is 5.52 Å². The van der Waals surface area contributed by atoms with Crippen LogP contribution in [0.1, 0.15) is 5.69 Å². The van der Waals surface area contributed by atoms with Crippen LogP contribution in [0.4, 0.5) is 0 Å². The third-order valence-electron chi connectivity index (χ3n) is 1.82. The van der Waals surface area contributed by atoms with Crippen molar-refractivity contribution in [2.24, 2.45) is 0 Å². The van der Waals surface area contributed by atoms with Crippen LogP contribution < -0.4 is 0 Å². The van der Waals surface area contributed by atoms with Crippen LogP contribution in [0.3, 0.4) is 0 Å². The summed E-state index contributed by atoms with van der Waals surface area (Å²) in [4.78, 5) is 10.3. The topological polar surface area (TPSA) is 34.4 Å². The Morgan fingerprint density at radius 3 is 3.08 bits per heavy atom. The SMILES string of the molecule is O=CCc1nn2ccccc2c1Cl. The molecule has 0 aliphatic heterocycles. The maximum atomic E-state index is 10.3. The molecule has 0 fully saturated rings.